The number of rotatable bonds is 4. The van der Waals surface area contributed by atoms with Crippen molar-refractivity contribution in [2.45, 2.75) is 23.9 Å². The van der Waals surface area contributed by atoms with Crippen molar-refractivity contribution in [1.82, 2.24) is 9.80 Å². The van der Waals surface area contributed by atoms with Gasteiger partial charge >= 0.3 is 6.03 Å². The van der Waals surface area contributed by atoms with Crippen LogP contribution in [0.25, 0.3) is 6.08 Å². The molecule has 1 saturated heterocycles. The molecule has 2 aromatic rings. The van der Waals surface area contributed by atoms with Crippen LogP contribution in [0.2, 0.25) is 0 Å². The number of carbonyl (C=O) groups is 2. The van der Waals surface area contributed by atoms with Crippen LogP contribution < -0.4 is 0 Å². The number of hydrogen-bond donors (Lipinski definition) is 0. The third-order valence-electron chi connectivity index (χ3n) is 4.96. The van der Waals surface area contributed by atoms with E-state index in [2.05, 4.69) is 0 Å². The molecule has 0 aliphatic carbocycles. The fourth-order valence-corrected chi connectivity index (χ4v) is 3.90. The summed E-state index contributed by atoms with van der Waals surface area (Å²) in [5.74, 6) is -0.415. The first-order chi connectivity index (χ1) is 13.2. The summed E-state index contributed by atoms with van der Waals surface area (Å²) < 4.78 is 23.1. The number of benzene rings is 2. The van der Waals surface area contributed by atoms with E-state index in [1.807, 2.05) is 37.3 Å². The van der Waals surface area contributed by atoms with Crippen LogP contribution in [0.3, 0.4) is 0 Å². The lowest BCUT2D eigenvalue weighted by Gasteiger charge is -2.23. The number of amides is 3. The largest absolute Gasteiger partial charge is 0.327 e. The predicted octanol–water partition coefficient (Wildman–Crippen LogP) is 3.13. The van der Waals surface area contributed by atoms with Crippen LogP contribution in [0.1, 0.15) is 24.1 Å². The second kappa shape index (κ2) is 7.59. The van der Waals surface area contributed by atoms with Crippen LogP contribution >= 0.6 is 0 Å². The number of sulfone groups is 1. The predicted molar refractivity (Wildman–Crippen MR) is 107 cm³/mol. The van der Waals surface area contributed by atoms with Gasteiger partial charge in [-0.1, -0.05) is 42.5 Å². The average molecular weight is 398 g/mol. The molecule has 1 aliphatic heterocycles. The SMILES string of the molecule is C[C@H]1C(c2ccccc2)N(C(=O)C=Cc2ccc(S(C)(=O)=O)cc2)C(=O)N1C. The Labute approximate surface area is 165 Å². The van der Waals surface area contributed by atoms with Crippen molar-refractivity contribution in [3.05, 3.63) is 71.8 Å². The molecule has 6 nitrogen and oxygen atoms in total. The number of nitrogens with zero attached hydrogens (tertiary/aromatic N) is 2. The van der Waals surface area contributed by atoms with Crippen LogP contribution in [0, 0.1) is 0 Å². The van der Waals surface area contributed by atoms with Crippen molar-refractivity contribution >= 4 is 27.9 Å². The van der Waals surface area contributed by atoms with Gasteiger partial charge in [-0.05, 0) is 36.3 Å². The van der Waals surface area contributed by atoms with Gasteiger partial charge < -0.3 is 4.90 Å². The standard InChI is InChI=1S/C21H22N2O4S/c1-15-20(17-7-5-4-6-8-17)23(21(25)22(15)2)19(24)14-11-16-9-12-18(13-10-16)28(3,26)27/h4-15,20H,1-3H3/t15-,20?/m0/s1. The maximum atomic E-state index is 12.8. The molecule has 1 aliphatic rings. The molecule has 1 fully saturated rings. The summed E-state index contributed by atoms with van der Waals surface area (Å²) in [5.41, 5.74) is 1.57. The molecule has 0 radical (unpaired) electrons. The highest BCUT2D eigenvalue weighted by Crippen LogP contribution is 2.34. The summed E-state index contributed by atoms with van der Waals surface area (Å²) in [5, 5.41) is 0. The minimum absolute atomic E-state index is 0.152. The number of likely N-dealkylation sites (N-methyl/N-ethyl adjacent to an activating group) is 1. The summed E-state index contributed by atoms with van der Waals surface area (Å²) in [6.07, 6.45) is 4.06. The van der Waals surface area contributed by atoms with Gasteiger partial charge in [0.2, 0.25) is 0 Å². The Bertz CT molecular complexity index is 1010. The molecule has 1 unspecified atom stereocenters. The van der Waals surface area contributed by atoms with Gasteiger partial charge in [0.15, 0.2) is 9.84 Å². The molecule has 7 heteroatoms. The molecular weight excluding hydrogens is 376 g/mol. The molecule has 3 amide bonds. The van der Waals surface area contributed by atoms with Crippen LogP contribution in [0.5, 0.6) is 0 Å². The Morgan fingerprint density at radius 2 is 1.64 bits per heavy atom. The van der Waals surface area contributed by atoms with E-state index in [4.69, 9.17) is 0 Å². The second-order valence-corrected chi connectivity index (χ2v) is 8.89. The van der Waals surface area contributed by atoms with E-state index in [0.29, 0.717) is 5.56 Å². The summed E-state index contributed by atoms with van der Waals surface area (Å²) in [6.45, 7) is 1.91. The summed E-state index contributed by atoms with van der Waals surface area (Å²) in [7, 11) is -1.59. The maximum Gasteiger partial charge on any atom is 0.327 e. The minimum Gasteiger partial charge on any atom is -0.322 e. The van der Waals surface area contributed by atoms with Crippen LogP contribution in [0.15, 0.2) is 65.6 Å². The molecule has 28 heavy (non-hydrogen) atoms. The van der Waals surface area contributed by atoms with Gasteiger partial charge in [0.25, 0.3) is 5.91 Å². The molecule has 0 N–H and O–H groups in total. The quantitative estimate of drug-likeness (QED) is 0.742. The first kappa shape index (κ1) is 19.8. The number of urea groups is 1. The van der Waals surface area contributed by atoms with Gasteiger partial charge in [-0.25, -0.2) is 13.2 Å². The van der Waals surface area contributed by atoms with E-state index in [1.165, 1.54) is 23.1 Å². The smallest absolute Gasteiger partial charge is 0.322 e. The Balaban J connectivity index is 1.85. The molecule has 0 aromatic heterocycles. The molecule has 146 valence electrons. The second-order valence-electron chi connectivity index (χ2n) is 6.87. The minimum atomic E-state index is -3.27. The van der Waals surface area contributed by atoms with Gasteiger partial charge in [0, 0.05) is 19.4 Å². The molecule has 1 heterocycles. The fourth-order valence-electron chi connectivity index (χ4n) is 3.27. The van der Waals surface area contributed by atoms with Crippen LogP contribution in [-0.2, 0) is 14.6 Å². The lowest BCUT2D eigenvalue weighted by atomic mass is 10.0. The van der Waals surface area contributed by atoms with E-state index < -0.39 is 15.7 Å². The van der Waals surface area contributed by atoms with Gasteiger partial charge in [-0.2, -0.15) is 0 Å². The number of carbonyl (C=O) groups excluding carboxylic acids is 2. The number of imide groups is 1. The summed E-state index contributed by atoms with van der Waals surface area (Å²) in [6, 6.07) is 14.8. The van der Waals surface area contributed by atoms with Crippen molar-refractivity contribution in [2.24, 2.45) is 0 Å². The van der Waals surface area contributed by atoms with Crippen molar-refractivity contribution in [1.29, 1.82) is 0 Å². The van der Waals surface area contributed by atoms with Crippen molar-refractivity contribution in [3.8, 4) is 0 Å². The maximum absolute atomic E-state index is 12.8. The lowest BCUT2D eigenvalue weighted by Crippen LogP contribution is -2.35. The molecule has 0 saturated carbocycles. The zero-order valence-corrected chi connectivity index (χ0v) is 16.8. The molecule has 0 spiro atoms. The van der Waals surface area contributed by atoms with Crippen molar-refractivity contribution in [3.63, 3.8) is 0 Å². The Hall–Kier alpha value is -2.93. The Morgan fingerprint density at radius 1 is 1.04 bits per heavy atom. The molecule has 3 rings (SSSR count). The average Bonchev–Trinajstić information content (AvgIpc) is 2.90. The van der Waals surface area contributed by atoms with Crippen molar-refractivity contribution < 1.29 is 18.0 Å². The van der Waals surface area contributed by atoms with E-state index >= 15 is 0 Å². The normalized spacial score (nSPS) is 20.2. The van der Waals surface area contributed by atoms with Crippen molar-refractivity contribution in [2.75, 3.05) is 13.3 Å². The molecule has 2 aromatic carbocycles. The summed E-state index contributed by atoms with van der Waals surface area (Å²) in [4.78, 5) is 28.5. The van der Waals surface area contributed by atoms with E-state index in [0.717, 1.165) is 11.8 Å². The monoisotopic (exact) mass is 398 g/mol. The molecule has 0 bridgehead atoms. The fraction of sp³-hybridized carbons (Fsp3) is 0.238. The summed E-state index contributed by atoms with van der Waals surface area (Å²) >= 11 is 0. The van der Waals surface area contributed by atoms with Gasteiger partial charge in [0.05, 0.1) is 17.0 Å². The molecule has 2 atom stereocenters. The van der Waals surface area contributed by atoms with Crippen LogP contribution in [0.4, 0.5) is 4.79 Å². The Kier molecular flexibility index (Phi) is 5.38. The highest BCUT2D eigenvalue weighted by Gasteiger charge is 2.44. The van der Waals surface area contributed by atoms with E-state index in [-0.39, 0.29) is 23.0 Å². The zero-order chi connectivity index (χ0) is 20.5. The zero-order valence-electron chi connectivity index (χ0n) is 15.9. The third kappa shape index (κ3) is 3.84. The van der Waals surface area contributed by atoms with Crippen LogP contribution in [-0.4, -0.2) is 49.5 Å². The number of hydrogen-bond acceptors (Lipinski definition) is 4. The van der Waals surface area contributed by atoms with Gasteiger partial charge in [0.1, 0.15) is 0 Å². The Morgan fingerprint density at radius 3 is 2.21 bits per heavy atom. The molecular formula is C21H22N2O4S. The first-order valence-electron chi connectivity index (χ1n) is 8.83. The topological polar surface area (TPSA) is 74.8 Å². The highest BCUT2D eigenvalue weighted by atomic mass is 32.2. The van der Waals surface area contributed by atoms with E-state index in [1.54, 1.807) is 30.2 Å². The first-order valence-corrected chi connectivity index (χ1v) is 10.7. The van der Waals surface area contributed by atoms with E-state index in [9.17, 15) is 18.0 Å². The lowest BCUT2D eigenvalue weighted by molar-refractivity contribution is -0.124. The third-order valence-corrected chi connectivity index (χ3v) is 6.09. The highest BCUT2D eigenvalue weighted by molar-refractivity contribution is 7.90. The van der Waals surface area contributed by atoms with Gasteiger partial charge in [-0.15, -0.1) is 0 Å². The van der Waals surface area contributed by atoms with Gasteiger partial charge in [-0.3, -0.25) is 9.69 Å².